The fourth-order valence-corrected chi connectivity index (χ4v) is 4.61. The van der Waals surface area contributed by atoms with Crippen LogP contribution in [0, 0.1) is 0 Å². The molecule has 14 heteroatoms. The lowest BCUT2D eigenvalue weighted by Crippen LogP contribution is -2.13. The topological polar surface area (TPSA) is 145 Å². The Morgan fingerprint density at radius 1 is 0.453 bits per heavy atom. The molecule has 0 saturated heterocycles. The predicted molar refractivity (Wildman–Crippen MR) is 190 cm³/mol. The first kappa shape index (κ1) is 40.2. The van der Waals surface area contributed by atoms with Crippen LogP contribution in [0.2, 0.25) is 0 Å². The Hall–Kier alpha value is -5.54. The highest BCUT2D eigenvalue weighted by Crippen LogP contribution is 2.41. The number of ether oxygens (including phenoxy) is 12. The van der Waals surface area contributed by atoms with Crippen molar-refractivity contribution >= 4 is 11.9 Å². The van der Waals surface area contributed by atoms with Gasteiger partial charge in [-0.2, -0.15) is 0 Å². The van der Waals surface area contributed by atoms with E-state index in [9.17, 15) is 9.59 Å². The zero-order chi connectivity index (χ0) is 37.7. The van der Waals surface area contributed by atoms with Gasteiger partial charge in [-0.1, -0.05) is 60.7 Å². The molecule has 0 N–H and O–H groups in total. The summed E-state index contributed by atoms with van der Waals surface area (Å²) >= 11 is 0. The molecule has 0 heterocycles. The first-order valence-corrected chi connectivity index (χ1v) is 16.5. The monoisotopic (exact) mass is 736 g/mol. The van der Waals surface area contributed by atoms with Crippen molar-refractivity contribution in [1.82, 2.24) is 0 Å². The number of esters is 2. The van der Waals surface area contributed by atoms with E-state index in [-0.39, 0.29) is 106 Å². The van der Waals surface area contributed by atoms with Crippen molar-refractivity contribution in [2.75, 3.05) is 68.8 Å². The van der Waals surface area contributed by atoms with Crippen molar-refractivity contribution in [1.29, 1.82) is 0 Å². The SMILES string of the molecule is COCOc1cc(C(=O)OCCCOC(=O)c2cc(OCOC)c(OCc3ccccc3)c(OCOC)c2)cc(OCOC)c1OCc1ccccc1. The third-order valence-electron chi connectivity index (χ3n) is 7.05. The highest BCUT2D eigenvalue weighted by molar-refractivity contribution is 5.92. The fraction of sp³-hybridized carbons (Fsp3) is 0.333. The van der Waals surface area contributed by atoms with Crippen LogP contribution in [0.1, 0.15) is 38.3 Å². The molecule has 4 rings (SSSR count). The van der Waals surface area contributed by atoms with Gasteiger partial charge in [-0.3, -0.25) is 0 Å². The van der Waals surface area contributed by atoms with Gasteiger partial charge in [0.2, 0.25) is 11.5 Å². The summed E-state index contributed by atoms with van der Waals surface area (Å²) in [5.74, 6) is 0.00570. The zero-order valence-electron chi connectivity index (χ0n) is 30.2. The number of hydrogen-bond donors (Lipinski definition) is 0. The van der Waals surface area contributed by atoms with E-state index < -0.39 is 11.9 Å². The van der Waals surface area contributed by atoms with Gasteiger partial charge in [-0.25, -0.2) is 9.59 Å². The molecule has 0 aliphatic heterocycles. The Kier molecular flexibility index (Phi) is 17.0. The van der Waals surface area contributed by atoms with E-state index in [1.54, 1.807) is 0 Å². The summed E-state index contributed by atoms with van der Waals surface area (Å²) in [5.41, 5.74) is 2.09. The molecule has 0 aliphatic rings. The number of hydrogen-bond acceptors (Lipinski definition) is 14. The Labute approximate surface area is 308 Å². The minimum atomic E-state index is -0.665. The van der Waals surface area contributed by atoms with Gasteiger partial charge in [0, 0.05) is 34.9 Å². The van der Waals surface area contributed by atoms with E-state index >= 15 is 0 Å². The average Bonchev–Trinajstić information content (AvgIpc) is 3.19. The molecular weight excluding hydrogens is 692 g/mol. The van der Waals surface area contributed by atoms with Gasteiger partial charge in [0.25, 0.3) is 0 Å². The van der Waals surface area contributed by atoms with Gasteiger partial charge >= 0.3 is 11.9 Å². The van der Waals surface area contributed by atoms with Crippen molar-refractivity contribution in [3.63, 3.8) is 0 Å². The summed E-state index contributed by atoms with van der Waals surface area (Å²) in [6.45, 7) is -0.138. The van der Waals surface area contributed by atoms with Gasteiger partial charge < -0.3 is 56.8 Å². The predicted octanol–water partition coefficient (Wildman–Crippen LogP) is 6.18. The number of rotatable bonds is 24. The van der Waals surface area contributed by atoms with Gasteiger partial charge in [0.15, 0.2) is 50.2 Å². The van der Waals surface area contributed by atoms with Crippen LogP contribution >= 0.6 is 0 Å². The number of carbonyl (C=O) groups excluding carboxylic acids is 2. The normalized spacial score (nSPS) is 10.6. The molecule has 0 spiro atoms. The second-order valence-corrected chi connectivity index (χ2v) is 11.0. The Bertz CT molecular complexity index is 1510. The lowest BCUT2D eigenvalue weighted by Gasteiger charge is -2.18. The Morgan fingerprint density at radius 3 is 1.08 bits per heavy atom. The molecule has 0 atom stereocenters. The maximum Gasteiger partial charge on any atom is 0.338 e. The smallest absolute Gasteiger partial charge is 0.338 e. The highest BCUT2D eigenvalue weighted by atomic mass is 16.7. The molecule has 0 saturated carbocycles. The Balaban J connectivity index is 1.40. The second-order valence-electron chi connectivity index (χ2n) is 11.0. The minimum absolute atomic E-state index is 0.0580. The molecule has 0 unspecified atom stereocenters. The lowest BCUT2D eigenvalue weighted by molar-refractivity contribution is 0.0357. The molecule has 0 bridgehead atoms. The van der Waals surface area contributed by atoms with Crippen LogP contribution in [0.25, 0.3) is 0 Å². The minimum Gasteiger partial charge on any atom is -0.482 e. The van der Waals surface area contributed by atoms with Crippen LogP contribution in [0.15, 0.2) is 84.9 Å². The maximum absolute atomic E-state index is 13.1. The van der Waals surface area contributed by atoms with Crippen LogP contribution in [-0.2, 0) is 41.6 Å². The van der Waals surface area contributed by atoms with Crippen LogP contribution in [0.4, 0.5) is 0 Å². The summed E-state index contributed by atoms with van der Waals surface area (Å²) in [6.07, 6.45) is 0.203. The summed E-state index contributed by atoms with van der Waals surface area (Å²) < 4.78 is 66.3. The summed E-state index contributed by atoms with van der Waals surface area (Å²) in [5, 5.41) is 0. The van der Waals surface area contributed by atoms with E-state index in [0.29, 0.717) is 0 Å². The molecule has 53 heavy (non-hydrogen) atoms. The second kappa shape index (κ2) is 22.4. The van der Waals surface area contributed by atoms with Crippen LogP contribution in [0.3, 0.4) is 0 Å². The third kappa shape index (κ3) is 12.9. The number of methoxy groups -OCH3 is 4. The van der Waals surface area contributed by atoms with Crippen LogP contribution in [-0.4, -0.2) is 80.8 Å². The van der Waals surface area contributed by atoms with Gasteiger partial charge in [0.1, 0.15) is 13.2 Å². The van der Waals surface area contributed by atoms with E-state index in [4.69, 9.17) is 56.8 Å². The Morgan fingerprint density at radius 2 is 0.774 bits per heavy atom. The van der Waals surface area contributed by atoms with Crippen molar-refractivity contribution in [2.24, 2.45) is 0 Å². The van der Waals surface area contributed by atoms with Crippen molar-refractivity contribution in [2.45, 2.75) is 19.6 Å². The van der Waals surface area contributed by atoms with Gasteiger partial charge in [0.05, 0.1) is 24.3 Å². The summed E-state index contributed by atoms with van der Waals surface area (Å²) in [4.78, 5) is 26.2. The molecule has 284 valence electrons. The van der Waals surface area contributed by atoms with Crippen LogP contribution < -0.4 is 28.4 Å². The maximum atomic E-state index is 13.1. The zero-order valence-corrected chi connectivity index (χ0v) is 30.2. The molecule has 4 aromatic rings. The highest BCUT2D eigenvalue weighted by Gasteiger charge is 2.22. The fourth-order valence-electron chi connectivity index (χ4n) is 4.61. The lowest BCUT2D eigenvalue weighted by atomic mass is 10.1. The quantitative estimate of drug-likeness (QED) is 0.0459. The van der Waals surface area contributed by atoms with Crippen molar-refractivity contribution < 1.29 is 66.4 Å². The van der Waals surface area contributed by atoms with Crippen LogP contribution in [0.5, 0.6) is 34.5 Å². The summed E-state index contributed by atoms with van der Waals surface area (Å²) in [6, 6.07) is 24.9. The standard InChI is InChI=1S/C39H44O14/c1-42-24-50-32-18-30(19-33(51-25-43-2)36(32)48-22-28-12-7-5-8-13-28)38(40)46-16-11-17-47-39(41)31-20-34(52-26-44-3)37(35(21-31)53-27-45-4)49-23-29-14-9-6-10-15-29/h5-10,12-15,18-21H,11,16-17,22-27H2,1-4H3. The molecule has 0 amide bonds. The molecule has 4 aromatic carbocycles. The first-order chi connectivity index (χ1) is 26.0. The van der Waals surface area contributed by atoms with Crippen molar-refractivity contribution in [3.05, 3.63) is 107 Å². The number of carbonyl (C=O) groups is 2. The van der Waals surface area contributed by atoms with E-state index in [0.717, 1.165) is 11.1 Å². The molecule has 14 nitrogen and oxygen atoms in total. The van der Waals surface area contributed by atoms with Crippen molar-refractivity contribution in [3.8, 4) is 34.5 Å². The third-order valence-corrected chi connectivity index (χ3v) is 7.05. The molecular formula is C39H44O14. The molecule has 0 aromatic heterocycles. The average molecular weight is 737 g/mol. The molecule has 0 aliphatic carbocycles. The van der Waals surface area contributed by atoms with Gasteiger partial charge in [-0.15, -0.1) is 0 Å². The largest absolute Gasteiger partial charge is 0.482 e. The van der Waals surface area contributed by atoms with E-state index in [2.05, 4.69) is 0 Å². The molecule has 0 radical (unpaired) electrons. The molecule has 0 fully saturated rings. The van der Waals surface area contributed by atoms with E-state index in [1.165, 1.54) is 52.7 Å². The van der Waals surface area contributed by atoms with Gasteiger partial charge in [-0.05, 0) is 35.4 Å². The van der Waals surface area contributed by atoms with E-state index in [1.807, 2.05) is 60.7 Å². The first-order valence-electron chi connectivity index (χ1n) is 16.5. The summed E-state index contributed by atoms with van der Waals surface area (Å²) in [7, 11) is 5.88. The number of benzene rings is 4.